The number of piperidine rings is 1. The van der Waals surface area contributed by atoms with Gasteiger partial charge in [0.25, 0.3) is 0 Å². The predicted molar refractivity (Wildman–Crippen MR) is 135 cm³/mol. The van der Waals surface area contributed by atoms with Crippen LogP contribution >= 0.6 is 11.6 Å². The Bertz CT molecular complexity index is 1180. The van der Waals surface area contributed by atoms with E-state index in [9.17, 15) is 22.8 Å². The summed E-state index contributed by atoms with van der Waals surface area (Å²) in [5.74, 6) is -2.98. The number of hydrogen-bond donors (Lipinski definition) is 2. The summed E-state index contributed by atoms with van der Waals surface area (Å²) < 4.78 is 68.5. The SMILES string of the molecule is CN(CC(F)(F)F)C1CCN(c2ccc(N3CCC[C@@H](NC(=O)Nc4ccc(Cl)cc4)C3=O)c(F)c2F)C1. The number of carbonyl (C=O) groups excluding carboxylic acids is 2. The summed E-state index contributed by atoms with van der Waals surface area (Å²) in [6.45, 7) is -0.579. The van der Waals surface area contributed by atoms with Crippen LogP contribution in [0.1, 0.15) is 19.3 Å². The maximum atomic E-state index is 15.2. The minimum absolute atomic E-state index is 0.0735. The molecule has 38 heavy (non-hydrogen) atoms. The Labute approximate surface area is 221 Å². The van der Waals surface area contributed by atoms with Gasteiger partial charge in [0.15, 0.2) is 11.6 Å². The number of halogens is 6. The molecular formula is C25H27ClF5N5O2. The van der Waals surface area contributed by atoms with Gasteiger partial charge in [0, 0.05) is 36.4 Å². The van der Waals surface area contributed by atoms with Gasteiger partial charge in [-0.05, 0) is 62.7 Å². The van der Waals surface area contributed by atoms with Crippen molar-refractivity contribution < 1.29 is 31.5 Å². The summed E-state index contributed by atoms with van der Waals surface area (Å²) in [5.41, 5.74) is 0.130. The first-order valence-corrected chi connectivity index (χ1v) is 12.4. The van der Waals surface area contributed by atoms with Crippen LogP contribution in [-0.2, 0) is 4.79 Å². The fourth-order valence-corrected chi connectivity index (χ4v) is 4.95. The van der Waals surface area contributed by atoms with Crippen molar-refractivity contribution in [1.82, 2.24) is 10.2 Å². The summed E-state index contributed by atoms with van der Waals surface area (Å²) in [7, 11) is 1.35. The van der Waals surface area contributed by atoms with Gasteiger partial charge in [0.05, 0.1) is 17.9 Å². The predicted octanol–water partition coefficient (Wildman–Crippen LogP) is 5.01. The van der Waals surface area contributed by atoms with Gasteiger partial charge in [0.1, 0.15) is 6.04 Å². The number of anilines is 3. The second kappa shape index (κ2) is 11.3. The van der Waals surface area contributed by atoms with E-state index in [1.807, 2.05) is 0 Å². The van der Waals surface area contributed by atoms with Gasteiger partial charge >= 0.3 is 12.2 Å². The summed E-state index contributed by atoms with van der Waals surface area (Å²) in [4.78, 5) is 29.2. The molecule has 2 aromatic rings. The molecule has 0 aliphatic carbocycles. The first kappa shape index (κ1) is 27.9. The van der Waals surface area contributed by atoms with Crippen LogP contribution in [0.15, 0.2) is 36.4 Å². The Morgan fingerprint density at radius 2 is 1.71 bits per heavy atom. The monoisotopic (exact) mass is 559 g/mol. The molecule has 2 aliphatic heterocycles. The average Bonchev–Trinajstić information content (AvgIpc) is 3.33. The molecule has 0 saturated carbocycles. The molecule has 2 N–H and O–H groups in total. The first-order chi connectivity index (χ1) is 17.9. The van der Waals surface area contributed by atoms with Crippen molar-refractivity contribution >= 4 is 40.6 Å². The minimum atomic E-state index is -4.36. The van der Waals surface area contributed by atoms with E-state index < -0.39 is 48.4 Å². The number of benzene rings is 2. The molecule has 2 saturated heterocycles. The van der Waals surface area contributed by atoms with E-state index in [-0.39, 0.29) is 31.0 Å². The first-order valence-electron chi connectivity index (χ1n) is 12.1. The molecule has 206 valence electrons. The zero-order chi connectivity index (χ0) is 27.6. The molecule has 2 atom stereocenters. The molecule has 2 heterocycles. The van der Waals surface area contributed by atoms with Crippen LogP contribution in [0.4, 0.5) is 43.8 Å². The molecular weight excluding hydrogens is 533 g/mol. The van der Waals surface area contributed by atoms with Crippen LogP contribution < -0.4 is 20.4 Å². The molecule has 0 spiro atoms. The normalized spacial score (nSPS) is 20.3. The summed E-state index contributed by atoms with van der Waals surface area (Å²) >= 11 is 5.83. The summed E-state index contributed by atoms with van der Waals surface area (Å²) in [6, 6.07) is 6.94. The molecule has 4 rings (SSSR count). The van der Waals surface area contributed by atoms with Crippen LogP contribution in [0, 0.1) is 11.6 Å². The second-order valence-electron chi connectivity index (χ2n) is 9.44. The van der Waals surface area contributed by atoms with Crippen molar-refractivity contribution in [2.24, 2.45) is 0 Å². The quantitative estimate of drug-likeness (QED) is 0.489. The number of nitrogens with one attached hydrogen (secondary N) is 2. The van der Waals surface area contributed by atoms with Gasteiger partial charge in [-0.25, -0.2) is 13.6 Å². The number of alkyl halides is 3. The van der Waals surface area contributed by atoms with Gasteiger partial charge in [0.2, 0.25) is 5.91 Å². The standard InChI is InChI=1S/C25H27ClF5N5O2/c1-34(14-25(29,30)31)17-10-12-35(13-17)19-8-9-20(22(28)21(19)27)36-11-2-3-18(23(36)37)33-24(38)32-16-6-4-15(26)5-7-16/h4-9,17-18H,2-3,10-14H2,1H3,(H2,32,33,38)/t17?,18-/m1/s1. The van der Waals surface area contributed by atoms with Crippen molar-refractivity contribution in [3.63, 3.8) is 0 Å². The third-order valence-electron chi connectivity index (χ3n) is 6.73. The molecule has 3 amide bonds. The van der Waals surface area contributed by atoms with Crippen LogP contribution in [0.25, 0.3) is 0 Å². The third kappa shape index (κ3) is 6.47. The Balaban J connectivity index is 1.42. The number of carbonyl (C=O) groups is 2. The maximum Gasteiger partial charge on any atom is 0.401 e. The highest BCUT2D eigenvalue weighted by Crippen LogP contribution is 2.33. The van der Waals surface area contributed by atoms with Gasteiger partial charge in [-0.1, -0.05) is 11.6 Å². The van der Waals surface area contributed by atoms with Crippen LogP contribution in [0.2, 0.25) is 5.02 Å². The molecule has 13 heteroatoms. The Hall–Kier alpha value is -3.12. The number of hydrogen-bond acceptors (Lipinski definition) is 4. The third-order valence-corrected chi connectivity index (χ3v) is 6.99. The maximum absolute atomic E-state index is 15.2. The number of amides is 3. The number of urea groups is 1. The zero-order valence-electron chi connectivity index (χ0n) is 20.5. The van der Waals surface area contributed by atoms with E-state index in [0.29, 0.717) is 30.0 Å². The Morgan fingerprint density at radius 1 is 1.05 bits per heavy atom. The van der Waals surface area contributed by atoms with Crippen LogP contribution in [0.5, 0.6) is 0 Å². The highest BCUT2D eigenvalue weighted by atomic mass is 35.5. The molecule has 0 aromatic heterocycles. The smallest absolute Gasteiger partial charge is 0.367 e. The van der Waals surface area contributed by atoms with E-state index in [2.05, 4.69) is 10.6 Å². The van der Waals surface area contributed by atoms with E-state index in [4.69, 9.17) is 11.6 Å². The van der Waals surface area contributed by atoms with Crippen molar-refractivity contribution in [1.29, 1.82) is 0 Å². The molecule has 2 aliphatic rings. The lowest BCUT2D eigenvalue weighted by Gasteiger charge is -2.33. The van der Waals surface area contributed by atoms with Gasteiger partial charge < -0.3 is 20.4 Å². The fraction of sp³-hybridized carbons (Fsp3) is 0.440. The molecule has 0 bridgehead atoms. The molecule has 7 nitrogen and oxygen atoms in total. The molecule has 2 aromatic carbocycles. The lowest BCUT2D eigenvalue weighted by Crippen LogP contribution is -2.53. The number of rotatable bonds is 6. The molecule has 1 unspecified atom stereocenters. The van der Waals surface area contributed by atoms with E-state index >= 15 is 8.78 Å². The van der Waals surface area contributed by atoms with Gasteiger partial charge in [-0.2, -0.15) is 13.2 Å². The van der Waals surface area contributed by atoms with E-state index in [1.165, 1.54) is 24.1 Å². The van der Waals surface area contributed by atoms with E-state index in [1.54, 1.807) is 24.3 Å². The van der Waals surface area contributed by atoms with Gasteiger partial charge in [-0.3, -0.25) is 9.69 Å². The number of nitrogens with zero attached hydrogens (tertiary/aromatic N) is 3. The number of likely N-dealkylation sites (N-methyl/N-ethyl adjacent to an activating group) is 1. The van der Waals surface area contributed by atoms with Crippen molar-refractivity contribution in [2.75, 3.05) is 48.3 Å². The molecule has 0 radical (unpaired) electrons. The lowest BCUT2D eigenvalue weighted by molar-refractivity contribution is -0.146. The van der Waals surface area contributed by atoms with Crippen molar-refractivity contribution in [3.8, 4) is 0 Å². The average molecular weight is 560 g/mol. The van der Waals surface area contributed by atoms with Crippen molar-refractivity contribution in [3.05, 3.63) is 53.1 Å². The summed E-state index contributed by atoms with van der Waals surface area (Å²) in [6.07, 6.45) is -3.22. The van der Waals surface area contributed by atoms with Crippen molar-refractivity contribution in [2.45, 2.75) is 37.5 Å². The van der Waals surface area contributed by atoms with Crippen LogP contribution in [0.3, 0.4) is 0 Å². The van der Waals surface area contributed by atoms with Crippen LogP contribution in [-0.4, -0.2) is 68.3 Å². The summed E-state index contributed by atoms with van der Waals surface area (Å²) in [5, 5.41) is 5.65. The minimum Gasteiger partial charge on any atom is -0.367 e. The molecule has 2 fully saturated rings. The second-order valence-corrected chi connectivity index (χ2v) is 9.88. The largest absolute Gasteiger partial charge is 0.401 e. The zero-order valence-corrected chi connectivity index (χ0v) is 21.3. The Kier molecular flexibility index (Phi) is 8.31. The Morgan fingerprint density at radius 3 is 2.39 bits per heavy atom. The highest BCUT2D eigenvalue weighted by molar-refractivity contribution is 6.30. The topological polar surface area (TPSA) is 67.9 Å². The lowest BCUT2D eigenvalue weighted by atomic mass is 10.0. The fourth-order valence-electron chi connectivity index (χ4n) is 4.82. The van der Waals surface area contributed by atoms with Gasteiger partial charge in [-0.15, -0.1) is 0 Å². The highest BCUT2D eigenvalue weighted by Gasteiger charge is 2.37. The van der Waals surface area contributed by atoms with E-state index in [0.717, 1.165) is 9.80 Å².